The monoisotopic (exact) mass is 1400 g/mol. The van der Waals surface area contributed by atoms with Gasteiger partial charge in [0.05, 0.1) is 26.4 Å². The Kier molecular flexibility index (Phi) is 67.7. The van der Waals surface area contributed by atoms with Crippen molar-refractivity contribution in [3.05, 3.63) is 0 Å². The number of carbonyl (C=O) groups excluding carboxylic acids is 4. The van der Waals surface area contributed by atoms with E-state index in [1.807, 2.05) is 0 Å². The smallest absolute Gasteiger partial charge is 0.462 e. The molecule has 0 bridgehead atoms. The molecule has 5 atom stereocenters. The van der Waals surface area contributed by atoms with Crippen LogP contribution in [0, 0.1) is 5.92 Å². The van der Waals surface area contributed by atoms with Crippen molar-refractivity contribution < 1.29 is 80.2 Å². The second kappa shape index (κ2) is 69.2. The topological polar surface area (TPSA) is 237 Å². The van der Waals surface area contributed by atoms with Crippen molar-refractivity contribution in [1.82, 2.24) is 0 Å². The summed E-state index contributed by atoms with van der Waals surface area (Å²) >= 11 is 0. The molecule has 0 aromatic carbocycles. The molecule has 0 amide bonds. The zero-order valence-corrected chi connectivity index (χ0v) is 63.6. The van der Waals surface area contributed by atoms with Crippen molar-refractivity contribution in [2.24, 2.45) is 5.92 Å². The van der Waals surface area contributed by atoms with E-state index in [9.17, 15) is 43.2 Å². The molecule has 0 aromatic heterocycles. The van der Waals surface area contributed by atoms with Crippen molar-refractivity contribution in [2.75, 3.05) is 39.6 Å². The summed E-state index contributed by atoms with van der Waals surface area (Å²) in [6.45, 7) is 7.27. The molecule has 0 fully saturated rings. The molecular weight excluding hydrogens is 1250 g/mol. The highest BCUT2D eigenvalue weighted by Crippen LogP contribution is 2.45. The minimum atomic E-state index is -4.96. The first-order valence-electron chi connectivity index (χ1n) is 39.6. The van der Waals surface area contributed by atoms with E-state index in [2.05, 4.69) is 34.6 Å². The zero-order chi connectivity index (χ0) is 69.8. The Morgan fingerprint density at radius 2 is 0.484 bits per heavy atom. The normalized spacial score (nSPS) is 13.9. The molecule has 19 heteroatoms. The lowest BCUT2D eigenvalue weighted by Crippen LogP contribution is -2.30. The van der Waals surface area contributed by atoms with E-state index in [1.165, 1.54) is 225 Å². The number of phosphoric ester groups is 2. The van der Waals surface area contributed by atoms with Gasteiger partial charge in [-0.05, 0) is 31.6 Å². The van der Waals surface area contributed by atoms with Crippen LogP contribution in [-0.2, 0) is 65.4 Å². The third-order valence-corrected chi connectivity index (χ3v) is 19.7. The summed E-state index contributed by atoms with van der Waals surface area (Å²) in [7, 11) is -9.91. The van der Waals surface area contributed by atoms with E-state index in [1.54, 1.807) is 0 Å². The molecule has 0 spiro atoms. The second-order valence-corrected chi connectivity index (χ2v) is 30.8. The zero-order valence-electron chi connectivity index (χ0n) is 61.8. The van der Waals surface area contributed by atoms with Crippen molar-refractivity contribution in [1.29, 1.82) is 0 Å². The average molecular weight is 1400 g/mol. The third kappa shape index (κ3) is 70.3. The second-order valence-electron chi connectivity index (χ2n) is 27.9. The van der Waals surface area contributed by atoms with Gasteiger partial charge in [-0.3, -0.25) is 37.3 Å². The van der Waals surface area contributed by atoms with Gasteiger partial charge in [-0.1, -0.05) is 349 Å². The van der Waals surface area contributed by atoms with E-state index < -0.39 is 97.5 Å². The van der Waals surface area contributed by atoms with Gasteiger partial charge in [0.15, 0.2) is 12.2 Å². The lowest BCUT2D eigenvalue weighted by atomic mass is 10.0. The van der Waals surface area contributed by atoms with Crippen LogP contribution < -0.4 is 0 Å². The van der Waals surface area contributed by atoms with Gasteiger partial charge in [0.25, 0.3) is 0 Å². The van der Waals surface area contributed by atoms with Crippen molar-refractivity contribution in [3.63, 3.8) is 0 Å². The van der Waals surface area contributed by atoms with E-state index in [4.69, 9.17) is 37.0 Å². The molecule has 95 heavy (non-hydrogen) atoms. The number of esters is 4. The minimum absolute atomic E-state index is 0.107. The van der Waals surface area contributed by atoms with Crippen LogP contribution in [0.25, 0.3) is 0 Å². The minimum Gasteiger partial charge on any atom is -0.462 e. The summed E-state index contributed by atoms with van der Waals surface area (Å²) in [5.41, 5.74) is 0. The number of ether oxygens (including phenoxy) is 4. The van der Waals surface area contributed by atoms with E-state index in [-0.39, 0.29) is 25.7 Å². The van der Waals surface area contributed by atoms with Gasteiger partial charge < -0.3 is 33.8 Å². The number of hydrogen-bond donors (Lipinski definition) is 3. The summed E-state index contributed by atoms with van der Waals surface area (Å²) < 4.78 is 68.5. The Balaban J connectivity index is 5.24. The van der Waals surface area contributed by atoms with E-state index in [0.717, 1.165) is 95.8 Å². The molecule has 0 aliphatic carbocycles. The fourth-order valence-corrected chi connectivity index (χ4v) is 13.3. The molecular formula is C76H148O17P2. The molecule has 0 radical (unpaired) electrons. The standard InChI is InChI=1S/C76H148O17P2/c1-6-9-12-15-18-21-24-27-28-29-30-31-34-37-40-47-52-57-62-76(81)92-71(65-86-73(78)59-54-49-44-38-35-32-25-22-19-16-13-10-7-2)67-90-94(82,83)88-63-70(77)64-89-95(84,85)91-68-72(66-87-74(79)60-55-50-45-42-41-43-48-53-58-69(4)5)93-75(80)61-56-51-46-39-36-33-26-23-20-17-14-11-8-3/h69-72,77H,6-68H2,1-5H3,(H,82,83)(H,84,85)/t70-,71-,72-/m1/s1. The summed E-state index contributed by atoms with van der Waals surface area (Å²) in [5.74, 6) is -1.39. The molecule has 0 rings (SSSR count). The van der Waals surface area contributed by atoms with Crippen molar-refractivity contribution >= 4 is 39.5 Å². The maximum absolute atomic E-state index is 13.1. The number of aliphatic hydroxyl groups excluding tert-OH is 1. The molecule has 0 aliphatic heterocycles. The van der Waals surface area contributed by atoms with Crippen LogP contribution in [0.4, 0.5) is 0 Å². The first-order valence-corrected chi connectivity index (χ1v) is 42.6. The Labute approximate surface area is 581 Å². The summed E-state index contributed by atoms with van der Waals surface area (Å²) in [4.78, 5) is 72.8. The largest absolute Gasteiger partial charge is 0.472 e. The fraction of sp³-hybridized carbons (Fsp3) is 0.947. The first kappa shape index (κ1) is 93.1. The molecule has 2 unspecified atom stereocenters. The predicted octanol–water partition coefficient (Wildman–Crippen LogP) is 22.5. The van der Waals surface area contributed by atoms with Crippen molar-refractivity contribution in [3.8, 4) is 0 Å². The highest BCUT2D eigenvalue weighted by molar-refractivity contribution is 7.47. The lowest BCUT2D eigenvalue weighted by Gasteiger charge is -2.21. The van der Waals surface area contributed by atoms with E-state index >= 15 is 0 Å². The maximum atomic E-state index is 13.1. The Bertz CT molecular complexity index is 1820. The molecule has 0 aliphatic rings. The van der Waals surface area contributed by atoms with Crippen LogP contribution in [-0.4, -0.2) is 96.7 Å². The Hall–Kier alpha value is -1.94. The number of carbonyl (C=O) groups is 4. The highest BCUT2D eigenvalue weighted by atomic mass is 31.2. The number of unbranched alkanes of at least 4 members (excludes halogenated alkanes) is 48. The lowest BCUT2D eigenvalue weighted by molar-refractivity contribution is -0.161. The Morgan fingerprint density at radius 3 is 0.716 bits per heavy atom. The molecule has 17 nitrogen and oxygen atoms in total. The van der Waals surface area contributed by atoms with Gasteiger partial charge in [0.1, 0.15) is 19.3 Å². The molecule has 0 saturated carbocycles. The summed E-state index contributed by atoms with van der Waals surface area (Å²) in [6, 6.07) is 0. The first-order chi connectivity index (χ1) is 46.0. The van der Waals surface area contributed by atoms with E-state index in [0.29, 0.717) is 25.7 Å². The summed E-state index contributed by atoms with van der Waals surface area (Å²) in [6.07, 6.45) is 58.2. The van der Waals surface area contributed by atoms with Gasteiger partial charge in [0.2, 0.25) is 0 Å². The van der Waals surface area contributed by atoms with Crippen LogP contribution in [0.5, 0.6) is 0 Å². The highest BCUT2D eigenvalue weighted by Gasteiger charge is 2.30. The molecule has 564 valence electrons. The van der Waals surface area contributed by atoms with Crippen molar-refractivity contribution in [2.45, 2.75) is 419 Å². The van der Waals surface area contributed by atoms with Crippen LogP contribution in [0.1, 0.15) is 401 Å². The van der Waals surface area contributed by atoms with Gasteiger partial charge in [0, 0.05) is 25.7 Å². The number of rotatable bonds is 76. The van der Waals surface area contributed by atoms with Crippen LogP contribution >= 0.6 is 15.6 Å². The Morgan fingerprint density at radius 1 is 0.284 bits per heavy atom. The fourth-order valence-electron chi connectivity index (χ4n) is 11.7. The molecule has 0 heterocycles. The van der Waals surface area contributed by atoms with Gasteiger partial charge in [-0.25, -0.2) is 9.13 Å². The third-order valence-electron chi connectivity index (χ3n) is 17.8. The average Bonchev–Trinajstić information content (AvgIpc) is 2.18. The number of hydrogen-bond acceptors (Lipinski definition) is 15. The van der Waals surface area contributed by atoms with Gasteiger partial charge >= 0.3 is 39.5 Å². The SMILES string of the molecule is CCCCCCCCCCCCCCCCCCCCC(=O)O[C@H](COC(=O)CCCCCCCCCCCCCCC)COP(=O)(O)OC[C@@H](O)COP(=O)(O)OC[C@@H](COC(=O)CCCCCCCCCCC(C)C)OC(=O)CCCCCCCCCCCCCCC. The molecule has 3 N–H and O–H groups in total. The predicted molar refractivity (Wildman–Crippen MR) is 386 cm³/mol. The summed E-state index contributed by atoms with van der Waals surface area (Å²) in [5, 5.41) is 10.6. The van der Waals surface area contributed by atoms with Gasteiger partial charge in [-0.15, -0.1) is 0 Å². The number of aliphatic hydroxyl groups is 1. The molecule has 0 aromatic rings. The van der Waals surface area contributed by atoms with Crippen LogP contribution in [0.2, 0.25) is 0 Å². The molecule has 0 saturated heterocycles. The quantitative estimate of drug-likeness (QED) is 0.0222. The maximum Gasteiger partial charge on any atom is 0.472 e. The van der Waals surface area contributed by atoms with Crippen LogP contribution in [0.15, 0.2) is 0 Å². The number of phosphoric acid groups is 2. The van der Waals surface area contributed by atoms with Gasteiger partial charge in [-0.2, -0.15) is 0 Å². The van der Waals surface area contributed by atoms with Crippen LogP contribution in [0.3, 0.4) is 0 Å².